The van der Waals surface area contributed by atoms with Crippen LogP contribution in [0.2, 0.25) is 5.02 Å². The number of carbonyl (C=O) groups excluding carboxylic acids is 1. The second-order valence-corrected chi connectivity index (χ2v) is 4.33. The van der Waals surface area contributed by atoms with Crippen molar-refractivity contribution < 1.29 is 14.6 Å². The maximum atomic E-state index is 11.4. The predicted molar refractivity (Wildman–Crippen MR) is 64.8 cm³/mol. The quantitative estimate of drug-likeness (QED) is 0.668. The molecule has 0 heterocycles. The summed E-state index contributed by atoms with van der Waals surface area (Å²) in [5.74, 6) is -0.653. The molecular weight excluding hydrogens is 248 g/mol. The molecule has 0 aliphatic carbocycles. The van der Waals surface area contributed by atoms with Crippen molar-refractivity contribution in [1.82, 2.24) is 0 Å². The molecule has 0 amide bonds. The number of aliphatic hydroxyl groups is 1. The number of halogens is 1. The lowest BCUT2D eigenvalue weighted by atomic mass is 10.1. The van der Waals surface area contributed by atoms with Crippen LogP contribution in [0.5, 0.6) is 0 Å². The van der Waals surface area contributed by atoms with Gasteiger partial charge in [-0.3, -0.25) is 0 Å². The smallest absolute Gasteiger partial charge is 0.339 e. The van der Waals surface area contributed by atoms with Crippen LogP contribution in [-0.4, -0.2) is 23.9 Å². The van der Waals surface area contributed by atoms with Gasteiger partial charge in [-0.05, 0) is 31.4 Å². The minimum atomic E-state index is -1.28. The number of benzene rings is 1. The molecule has 0 radical (unpaired) electrons. The van der Waals surface area contributed by atoms with E-state index in [1.807, 2.05) is 6.26 Å². The zero-order valence-corrected chi connectivity index (χ0v) is 10.6. The lowest BCUT2D eigenvalue weighted by Crippen LogP contribution is -2.16. The van der Waals surface area contributed by atoms with Crippen molar-refractivity contribution in [1.29, 1.82) is 0 Å². The SMILES string of the molecule is CCOC(=O)C(O)c1cc(Cl)ccc1SC. The molecule has 1 unspecified atom stereocenters. The summed E-state index contributed by atoms with van der Waals surface area (Å²) in [4.78, 5) is 12.2. The Bertz CT molecular complexity index is 381. The molecule has 1 N–H and O–H groups in total. The van der Waals surface area contributed by atoms with Crippen LogP contribution in [0.25, 0.3) is 0 Å². The summed E-state index contributed by atoms with van der Waals surface area (Å²) in [7, 11) is 0. The number of aliphatic hydroxyl groups excluding tert-OH is 1. The first-order valence-electron chi connectivity index (χ1n) is 4.78. The Balaban J connectivity index is 3.01. The van der Waals surface area contributed by atoms with E-state index in [1.54, 1.807) is 25.1 Å². The van der Waals surface area contributed by atoms with Crippen LogP contribution in [0.15, 0.2) is 23.1 Å². The van der Waals surface area contributed by atoms with E-state index >= 15 is 0 Å². The van der Waals surface area contributed by atoms with Gasteiger partial charge < -0.3 is 9.84 Å². The number of rotatable bonds is 4. The number of thioether (sulfide) groups is 1. The molecule has 0 fully saturated rings. The fourth-order valence-corrected chi connectivity index (χ4v) is 2.06. The van der Waals surface area contributed by atoms with Gasteiger partial charge >= 0.3 is 5.97 Å². The van der Waals surface area contributed by atoms with Gasteiger partial charge in [0.2, 0.25) is 0 Å². The highest BCUT2D eigenvalue weighted by Gasteiger charge is 2.21. The maximum Gasteiger partial charge on any atom is 0.339 e. The normalized spacial score (nSPS) is 12.2. The van der Waals surface area contributed by atoms with Crippen LogP contribution in [0, 0.1) is 0 Å². The molecular formula is C11H13ClO3S. The third-order valence-electron chi connectivity index (χ3n) is 2.00. The van der Waals surface area contributed by atoms with Crippen molar-refractivity contribution >= 4 is 29.3 Å². The first-order valence-corrected chi connectivity index (χ1v) is 6.38. The largest absolute Gasteiger partial charge is 0.464 e. The molecule has 16 heavy (non-hydrogen) atoms. The second-order valence-electron chi connectivity index (χ2n) is 3.04. The molecule has 0 bridgehead atoms. The summed E-state index contributed by atoms with van der Waals surface area (Å²) in [6.07, 6.45) is 0.589. The fourth-order valence-electron chi connectivity index (χ4n) is 1.27. The summed E-state index contributed by atoms with van der Waals surface area (Å²) in [5.41, 5.74) is 0.485. The van der Waals surface area contributed by atoms with E-state index in [2.05, 4.69) is 0 Å². The van der Waals surface area contributed by atoms with Crippen LogP contribution < -0.4 is 0 Å². The van der Waals surface area contributed by atoms with Gasteiger partial charge in [-0.1, -0.05) is 11.6 Å². The first kappa shape index (κ1) is 13.4. The van der Waals surface area contributed by atoms with Crippen molar-refractivity contribution in [3.05, 3.63) is 28.8 Å². The Morgan fingerprint density at radius 1 is 1.62 bits per heavy atom. The average molecular weight is 261 g/mol. The summed E-state index contributed by atoms with van der Waals surface area (Å²) >= 11 is 7.27. The minimum Gasteiger partial charge on any atom is -0.464 e. The number of esters is 1. The molecule has 1 atom stereocenters. The average Bonchev–Trinajstić information content (AvgIpc) is 2.28. The molecule has 3 nitrogen and oxygen atoms in total. The first-order chi connectivity index (χ1) is 7.60. The lowest BCUT2D eigenvalue weighted by Gasteiger charge is -2.13. The van der Waals surface area contributed by atoms with Gasteiger partial charge in [0.1, 0.15) is 0 Å². The zero-order valence-electron chi connectivity index (χ0n) is 9.07. The molecule has 0 aliphatic rings. The molecule has 88 valence electrons. The summed E-state index contributed by atoms with van der Waals surface area (Å²) < 4.78 is 4.76. The van der Waals surface area contributed by atoms with Crippen molar-refractivity contribution in [2.75, 3.05) is 12.9 Å². The van der Waals surface area contributed by atoms with E-state index in [0.29, 0.717) is 10.6 Å². The Morgan fingerprint density at radius 3 is 2.88 bits per heavy atom. The molecule has 0 aromatic heterocycles. The highest BCUT2D eigenvalue weighted by molar-refractivity contribution is 7.98. The van der Waals surface area contributed by atoms with Crippen LogP contribution >= 0.6 is 23.4 Å². The molecule has 5 heteroatoms. The summed E-state index contributed by atoms with van der Waals surface area (Å²) in [6, 6.07) is 5.06. The molecule has 0 aliphatic heterocycles. The van der Waals surface area contributed by atoms with E-state index in [4.69, 9.17) is 16.3 Å². The van der Waals surface area contributed by atoms with Crippen LogP contribution in [0.3, 0.4) is 0 Å². The van der Waals surface area contributed by atoms with E-state index in [-0.39, 0.29) is 6.61 Å². The molecule has 1 aromatic rings. The van der Waals surface area contributed by atoms with Gasteiger partial charge in [-0.25, -0.2) is 4.79 Å². The van der Waals surface area contributed by atoms with E-state index in [1.165, 1.54) is 11.8 Å². The molecule has 0 saturated carbocycles. The van der Waals surface area contributed by atoms with Gasteiger partial charge in [0.15, 0.2) is 6.10 Å². The number of carbonyl (C=O) groups is 1. The fraction of sp³-hybridized carbons (Fsp3) is 0.364. The van der Waals surface area contributed by atoms with Gasteiger partial charge in [0, 0.05) is 15.5 Å². The third-order valence-corrected chi connectivity index (χ3v) is 3.04. The number of hydrogen-bond donors (Lipinski definition) is 1. The minimum absolute atomic E-state index is 0.241. The van der Waals surface area contributed by atoms with Gasteiger partial charge in [0.05, 0.1) is 6.61 Å². The predicted octanol–water partition coefficient (Wildman–Crippen LogP) is 2.66. The van der Waals surface area contributed by atoms with Crippen LogP contribution in [-0.2, 0) is 9.53 Å². The van der Waals surface area contributed by atoms with Crippen molar-refractivity contribution in [2.45, 2.75) is 17.9 Å². The van der Waals surface area contributed by atoms with Crippen molar-refractivity contribution in [3.63, 3.8) is 0 Å². The summed E-state index contributed by atoms with van der Waals surface area (Å²) in [6.45, 7) is 1.93. The monoisotopic (exact) mass is 260 g/mol. The lowest BCUT2D eigenvalue weighted by molar-refractivity contribution is -0.153. The summed E-state index contributed by atoms with van der Waals surface area (Å²) in [5, 5.41) is 10.3. The van der Waals surface area contributed by atoms with E-state index in [0.717, 1.165) is 4.90 Å². The van der Waals surface area contributed by atoms with Gasteiger partial charge in [-0.2, -0.15) is 0 Å². The number of ether oxygens (including phenoxy) is 1. The Hall–Kier alpha value is -0.710. The molecule has 1 rings (SSSR count). The Kier molecular flexibility index (Phi) is 5.12. The third kappa shape index (κ3) is 3.14. The highest BCUT2D eigenvalue weighted by atomic mass is 35.5. The van der Waals surface area contributed by atoms with Crippen molar-refractivity contribution in [3.8, 4) is 0 Å². The molecule has 1 aromatic carbocycles. The van der Waals surface area contributed by atoms with Crippen LogP contribution in [0.1, 0.15) is 18.6 Å². The second kappa shape index (κ2) is 6.13. The van der Waals surface area contributed by atoms with Crippen LogP contribution in [0.4, 0.5) is 0 Å². The van der Waals surface area contributed by atoms with Crippen molar-refractivity contribution in [2.24, 2.45) is 0 Å². The maximum absolute atomic E-state index is 11.4. The zero-order chi connectivity index (χ0) is 12.1. The number of hydrogen-bond acceptors (Lipinski definition) is 4. The van der Waals surface area contributed by atoms with Gasteiger partial charge in [0.25, 0.3) is 0 Å². The highest BCUT2D eigenvalue weighted by Crippen LogP contribution is 2.29. The Morgan fingerprint density at radius 2 is 2.31 bits per heavy atom. The molecule has 0 spiro atoms. The Labute approximate surface area is 104 Å². The van der Waals surface area contributed by atoms with E-state index < -0.39 is 12.1 Å². The van der Waals surface area contributed by atoms with E-state index in [9.17, 15) is 9.90 Å². The topological polar surface area (TPSA) is 46.5 Å². The standard InChI is InChI=1S/C11H13ClO3S/c1-3-15-11(14)10(13)8-6-7(12)4-5-9(8)16-2/h4-6,10,13H,3H2,1-2H3. The molecule has 0 saturated heterocycles. The van der Waals surface area contributed by atoms with Gasteiger partial charge in [-0.15, -0.1) is 11.8 Å².